The number of benzene rings is 1. The minimum atomic E-state index is -0.372. The number of carbonyl (C=O) groups excluding carboxylic acids is 2. The third kappa shape index (κ3) is 2.00. The zero-order valence-corrected chi connectivity index (χ0v) is 11.9. The van der Waals surface area contributed by atoms with Gasteiger partial charge in [0.25, 0.3) is 0 Å². The quantitative estimate of drug-likeness (QED) is 0.545. The molecule has 4 heteroatoms. The maximum absolute atomic E-state index is 12.1. The summed E-state index contributed by atoms with van der Waals surface area (Å²) in [5.74, 6) is -0.294. The molecule has 0 aliphatic heterocycles. The second-order valence-electron chi connectivity index (χ2n) is 4.83. The van der Waals surface area contributed by atoms with Gasteiger partial charge >= 0.3 is 5.97 Å². The number of nitrogens with zero attached hydrogens (tertiary/aromatic N) is 1. The first kappa shape index (κ1) is 13.4. The number of fused-ring (bicyclic) bond motifs is 3. The number of hydrogen-bond acceptors (Lipinski definition) is 3. The van der Waals surface area contributed by atoms with Crippen molar-refractivity contribution in [1.82, 2.24) is 4.40 Å². The molecule has 0 aliphatic rings. The first-order valence-corrected chi connectivity index (χ1v) is 6.81. The van der Waals surface area contributed by atoms with E-state index in [1.807, 2.05) is 35.6 Å². The molecule has 21 heavy (non-hydrogen) atoms. The van der Waals surface area contributed by atoms with Crippen LogP contribution >= 0.6 is 0 Å². The lowest BCUT2D eigenvalue weighted by atomic mass is 10.1. The van der Waals surface area contributed by atoms with Crippen LogP contribution in [0.4, 0.5) is 0 Å². The molecule has 3 aromatic rings. The summed E-state index contributed by atoms with van der Waals surface area (Å²) in [5.41, 5.74) is 2.81. The number of aromatic nitrogens is 1. The van der Waals surface area contributed by atoms with Gasteiger partial charge in [0.15, 0.2) is 5.78 Å². The van der Waals surface area contributed by atoms with Crippen molar-refractivity contribution in [2.75, 3.05) is 7.11 Å². The van der Waals surface area contributed by atoms with Crippen LogP contribution in [0.3, 0.4) is 0 Å². The molecule has 3 rings (SSSR count). The van der Waals surface area contributed by atoms with Crippen molar-refractivity contribution in [1.29, 1.82) is 0 Å². The normalized spacial score (nSPS) is 11.0. The van der Waals surface area contributed by atoms with Crippen molar-refractivity contribution in [2.24, 2.45) is 0 Å². The van der Waals surface area contributed by atoms with Gasteiger partial charge in [-0.2, -0.15) is 0 Å². The van der Waals surface area contributed by atoms with E-state index in [-0.39, 0.29) is 11.8 Å². The smallest absolute Gasteiger partial charge is 0.340 e. The molecule has 4 nitrogen and oxygen atoms in total. The van der Waals surface area contributed by atoms with Gasteiger partial charge in [-0.1, -0.05) is 25.1 Å². The SMILES string of the molecule is CCC(=O)c1ccc2c(C(=O)OC)c3ccccc3n2c1. The van der Waals surface area contributed by atoms with E-state index in [1.165, 1.54) is 7.11 Å². The third-order valence-electron chi connectivity index (χ3n) is 3.67. The second-order valence-corrected chi connectivity index (χ2v) is 4.83. The number of ketones is 1. The molecular weight excluding hydrogens is 266 g/mol. The van der Waals surface area contributed by atoms with Crippen molar-refractivity contribution >= 4 is 28.2 Å². The highest BCUT2D eigenvalue weighted by Gasteiger charge is 2.19. The molecule has 106 valence electrons. The molecule has 0 aliphatic carbocycles. The molecule has 2 heterocycles. The number of para-hydroxylation sites is 1. The van der Waals surface area contributed by atoms with Crippen LogP contribution in [0.15, 0.2) is 42.6 Å². The summed E-state index contributed by atoms with van der Waals surface area (Å²) in [6, 6.07) is 11.2. The molecule has 0 spiro atoms. The number of esters is 1. The van der Waals surface area contributed by atoms with Gasteiger partial charge in [0.2, 0.25) is 0 Å². The lowest BCUT2D eigenvalue weighted by Crippen LogP contribution is -2.02. The van der Waals surface area contributed by atoms with Gasteiger partial charge in [-0.3, -0.25) is 4.79 Å². The molecular formula is C17H15NO3. The first-order chi connectivity index (χ1) is 10.2. The topological polar surface area (TPSA) is 47.8 Å². The van der Waals surface area contributed by atoms with E-state index in [4.69, 9.17) is 4.74 Å². The Balaban J connectivity index is 2.40. The number of rotatable bonds is 3. The highest BCUT2D eigenvalue weighted by molar-refractivity contribution is 6.12. The molecule has 0 saturated heterocycles. The fraction of sp³-hybridized carbons (Fsp3) is 0.176. The predicted molar refractivity (Wildman–Crippen MR) is 80.9 cm³/mol. The monoisotopic (exact) mass is 281 g/mol. The van der Waals surface area contributed by atoms with Gasteiger partial charge in [0.05, 0.1) is 23.7 Å². The summed E-state index contributed by atoms with van der Waals surface area (Å²) in [6.07, 6.45) is 2.24. The molecule has 0 N–H and O–H groups in total. The Morgan fingerprint density at radius 2 is 1.86 bits per heavy atom. The summed E-state index contributed by atoms with van der Waals surface area (Å²) in [7, 11) is 1.37. The van der Waals surface area contributed by atoms with E-state index in [1.54, 1.807) is 18.3 Å². The highest BCUT2D eigenvalue weighted by Crippen LogP contribution is 2.27. The lowest BCUT2D eigenvalue weighted by Gasteiger charge is -2.02. The fourth-order valence-electron chi connectivity index (χ4n) is 2.62. The van der Waals surface area contributed by atoms with E-state index < -0.39 is 0 Å². The van der Waals surface area contributed by atoms with Crippen LogP contribution in [0.2, 0.25) is 0 Å². The summed E-state index contributed by atoms with van der Waals surface area (Å²) in [4.78, 5) is 24.0. The number of Topliss-reactive ketones (excluding diaryl/α,β-unsaturated/α-hetero) is 1. The number of methoxy groups -OCH3 is 1. The van der Waals surface area contributed by atoms with E-state index in [9.17, 15) is 9.59 Å². The van der Waals surface area contributed by atoms with E-state index >= 15 is 0 Å². The van der Waals surface area contributed by atoms with Crippen LogP contribution in [0, 0.1) is 0 Å². The van der Waals surface area contributed by atoms with Crippen molar-refractivity contribution in [3.63, 3.8) is 0 Å². The summed E-state index contributed by atoms with van der Waals surface area (Å²) in [5, 5.41) is 0.824. The zero-order chi connectivity index (χ0) is 15.0. The van der Waals surface area contributed by atoms with Gasteiger partial charge in [-0.05, 0) is 18.2 Å². The van der Waals surface area contributed by atoms with Crippen LogP contribution in [0.1, 0.15) is 34.1 Å². The average Bonchev–Trinajstić information content (AvgIpc) is 2.87. The van der Waals surface area contributed by atoms with Crippen LogP contribution in [0.25, 0.3) is 16.4 Å². The Hall–Kier alpha value is -2.62. The minimum Gasteiger partial charge on any atom is -0.465 e. The van der Waals surface area contributed by atoms with E-state index in [0.717, 1.165) is 16.4 Å². The zero-order valence-electron chi connectivity index (χ0n) is 11.9. The highest BCUT2D eigenvalue weighted by atomic mass is 16.5. The maximum Gasteiger partial charge on any atom is 0.340 e. The molecule has 0 saturated carbocycles. The standard InChI is InChI=1S/C17H15NO3/c1-3-15(19)11-8-9-14-16(17(20)21-2)12-6-4-5-7-13(12)18(14)10-11/h4-10H,3H2,1-2H3. The van der Waals surface area contributed by atoms with E-state index in [0.29, 0.717) is 17.5 Å². The molecule has 0 atom stereocenters. The van der Waals surface area contributed by atoms with Crippen LogP contribution in [-0.4, -0.2) is 23.3 Å². The Morgan fingerprint density at radius 1 is 1.10 bits per heavy atom. The molecule has 0 bridgehead atoms. The largest absolute Gasteiger partial charge is 0.465 e. The van der Waals surface area contributed by atoms with E-state index in [2.05, 4.69) is 0 Å². The Morgan fingerprint density at radius 3 is 2.57 bits per heavy atom. The first-order valence-electron chi connectivity index (χ1n) is 6.81. The molecule has 0 radical (unpaired) electrons. The van der Waals surface area contributed by atoms with Crippen molar-refractivity contribution < 1.29 is 14.3 Å². The molecule has 0 unspecified atom stereocenters. The van der Waals surface area contributed by atoms with Crippen LogP contribution in [0.5, 0.6) is 0 Å². The van der Waals surface area contributed by atoms with Crippen molar-refractivity contribution in [2.45, 2.75) is 13.3 Å². The number of ether oxygens (including phenoxy) is 1. The fourth-order valence-corrected chi connectivity index (χ4v) is 2.62. The Labute approximate surface area is 121 Å². The van der Waals surface area contributed by atoms with Gasteiger partial charge in [0.1, 0.15) is 0 Å². The van der Waals surface area contributed by atoms with Crippen molar-refractivity contribution in [3.8, 4) is 0 Å². The minimum absolute atomic E-state index is 0.0781. The van der Waals surface area contributed by atoms with Gasteiger partial charge in [-0.15, -0.1) is 0 Å². The molecule has 2 aromatic heterocycles. The van der Waals surface area contributed by atoms with Gasteiger partial charge in [0, 0.05) is 23.6 Å². The van der Waals surface area contributed by atoms with Crippen molar-refractivity contribution in [3.05, 3.63) is 53.7 Å². The number of pyridine rings is 1. The predicted octanol–water partition coefficient (Wildman–Crippen LogP) is 3.47. The maximum atomic E-state index is 12.1. The van der Waals surface area contributed by atoms with Crippen LogP contribution < -0.4 is 0 Å². The lowest BCUT2D eigenvalue weighted by molar-refractivity contribution is 0.0605. The van der Waals surface area contributed by atoms with Gasteiger partial charge < -0.3 is 9.14 Å². The van der Waals surface area contributed by atoms with Crippen LogP contribution in [-0.2, 0) is 4.74 Å². The molecule has 0 fully saturated rings. The average molecular weight is 281 g/mol. The Kier molecular flexibility index (Phi) is 3.22. The summed E-state index contributed by atoms with van der Waals surface area (Å²) in [6.45, 7) is 1.83. The number of carbonyl (C=O) groups is 2. The van der Waals surface area contributed by atoms with Gasteiger partial charge in [-0.25, -0.2) is 4.79 Å². The summed E-state index contributed by atoms with van der Waals surface area (Å²) >= 11 is 0. The second kappa shape index (κ2) is 5.05. The third-order valence-corrected chi connectivity index (χ3v) is 3.67. The molecule has 0 amide bonds. The Bertz CT molecular complexity index is 861. The summed E-state index contributed by atoms with van der Waals surface area (Å²) < 4.78 is 6.77. The number of hydrogen-bond donors (Lipinski definition) is 0. The molecule has 1 aromatic carbocycles.